The number of carbonyl (C=O) groups excluding carboxylic acids is 1. The highest BCUT2D eigenvalue weighted by molar-refractivity contribution is 7.91. The van der Waals surface area contributed by atoms with Gasteiger partial charge in [0, 0.05) is 24.1 Å². The van der Waals surface area contributed by atoms with E-state index in [-0.39, 0.29) is 34.0 Å². The molecular weight excluding hydrogens is 542 g/mol. The first kappa shape index (κ1) is 28.8. The van der Waals surface area contributed by atoms with E-state index < -0.39 is 15.4 Å². The fourth-order valence-electron chi connectivity index (χ4n) is 5.14. The lowest BCUT2D eigenvalue weighted by atomic mass is 9.89. The molecule has 2 aliphatic rings. The molecular formula is C32H37NO7S. The van der Waals surface area contributed by atoms with Gasteiger partial charge in [-0.15, -0.1) is 0 Å². The van der Waals surface area contributed by atoms with E-state index in [2.05, 4.69) is 0 Å². The first-order chi connectivity index (χ1) is 19.4. The number of ether oxygens (including phenoxy) is 4. The molecule has 41 heavy (non-hydrogen) atoms. The largest absolute Gasteiger partial charge is 0.491 e. The molecule has 3 aromatic rings. The van der Waals surface area contributed by atoms with Crippen molar-refractivity contribution >= 4 is 15.9 Å². The Balaban J connectivity index is 1.38. The molecule has 1 amide bonds. The summed E-state index contributed by atoms with van der Waals surface area (Å²) in [5, 5.41) is 0. The summed E-state index contributed by atoms with van der Waals surface area (Å²) in [6.45, 7) is 10.5. The predicted molar refractivity (Wildman–Crippen MR) is 154 cm³/mol. The van der Waals surface area contributed by atoms with Crippen LogP contribution in [0.15, 0.2) is 76.5 Å². The van der Waals surface area contributed by atoms with Gasteiger partial charge in [0.2, 0.25) is 9.84 Å². The lowest BCUT2D eigenvalue weighted by Crippen LogP contribution is -2.47. The SMILES string of the molecule is CC(C)Oc1cc(OCc2ccccc2)cc(S(=O)(=O)c2ccc3c(c2)OC2CN(C(=O)OC(C)(C)C)CCC32)c1. The molecule has 5 rings (SSSR count). The van der Waals surface area contributed by atoms with Crippen LogP contribution in [-0.2, 0) is 21.2 Å². The quantitative estimate of drug-likeness (QED) is 0.321. The number of benzene rings is 3. The maximum Gasteiger partial charge on any atom is 0.410 e. The Hall–Kier alpha value is -3.72. The van der Waals surface area contributed by atoms with Gasteiger partial charge in [0.15, 0.2) is 0 Å². The molecule has 0 bridgehead atoms. The van der Waals surface area contributed by atoms with Gasteiger partial charge in [-0.3, -0.25) is 0 Å². The van der Waals surface area contributed by atoms with Gasteiger partial charge in [-0.2, -0.15) is 0 Å². The molecule has 2 unspecified atom stereocenters. The first-order valence-electron chi connectivity index (χ1n) is 13.9. The lowest BCUT2D eigenvalue weighted by Gasteiger charge is -2.35. The third kappa shape index (κ3) is 6.62. The summed E-state index contributed by atoms with van der Waals surface area (Å²) in [6.07, 6.45) is -0.0656. The maximum atomic E-state index is 13.9. The van der Waals surface area contributed by atoms with Crippen LogP contribution >= 0.6 is 0 Å². The number of amides is 1. The molecule has 3 aromatic carbocycles. The standard InChI is InChI=1S/C32H37NO7S/c1-21(2)38-24-15-23(37-20-22-9-7-6-8-10-22)16-26(17-24)41(35,36)25-11-12-27-28-13-14-33(31(34)40-32(3,4)5)19-30(28)39-29(27)18-25/h6-12,15-18,21,28,30H,13-14,19-20H2,1-5H3. The van der Waals surface area contributed by atoms with Crippen LogP contribution in [0.1, 0.15) is 58.1 Å². The smallest absolute Gasteiger partial charge is 0.410 e. The van der Waals surface area contributed by atoms with Gasteiger partial charge < -0.3 is 23.8 Å². The number of hydrogen-bond donors (Lipinski definition) is 0. The van der Waals surface area contributed by atoms with Crippen molar-refractivity contribution in [3.8, 4) is 17.2 Å². The average Bonchev–Trinajstić information content (AvgIpc) is 3.28. The molecule has 2 aliphatic heterocycles. The zero-order valence-corrected chi connectivity index (χ0v) is 24.9. The number of piperidine rings is 1. The topological polar surface area (TPSA) is 91.4 Å². The minimum atomic E-state index is -3.93. The van der Waals surface area contributed by atoms with Gasteiger partial charge in [-0.1, -0.05) is 36.4 Å². The van der Waals surface area contributed by atoms with Crippen molar-refractivity contribution in [3.63, 3.8) is 0 Å². The molecule has 0 aromatic heterocycles. The molecule has 8 nitrogen and oxygen atoms in total. The van der Waals surface area contributed by atoms with E-state index in [4.69, 9.17) is 18.9 Å². The third-order valence-corrected chi connectivity index (χ3v) is 8.70. The van der Waals surface area contributed by atoms with Crippen LogP contribution in [0.25, 0.3) is 0 Å². The third-order valence-electron chi connectivity index (χ3n) is 6.97. The van der Waals surface area contributed by atoms with Crippen molar-refractivity contribution in [2.24, 2.45) is 0 Å². The number of likely N-dealkylation sites (tertiary alicyclic amines) is 1. The van der Waals surface area contributed by atoms with E-state index in [0.717, 1.165) is 11.1 Å². The Morgan fingerprint density at radius 3 is 2.44 bits per heavy atom. The van der Waals surface area contributed by atoms with Crippen LogP contribution in [0.3, 0.4) is 0 Å². The van der Waals surface area contributed by atoms with Crippen molar-refractivity contribution in [3.05, 3.63) is 77.9 Å². The number of nitrogens with zero attached hydrogens (tertiary/aromatic N) is 1. The summed E-state index contributed by atoms with van der Waals surface area (Å²) in [5.74, 6) is 1.43. The van der Waals surface area contributed by atoms with Crippen LogP contribution in [0.4, 0.5) is 4.79 Å². The molecule has 0 N–H and O–H groups in total. The van der Waals surface area contributed by atoms with E-state index >= 15 is 0 Å². The predicted octanol–water partition coefficient (Wildman–Crippen LogP) is 6.37. The maximum absolute atomic E-state index is 13.9. The lowest BCUT2D eigenvalue weighted by molar-refractivity contribution is 0.00788. The molecule has 2 heterocycles. The molecule has 1 saturated heterocycles. The number of rotatable bonds is 7. The molecule has 0 radical (unpaired) electrons. The Bertz CT molecular complexity index is 1510. The molecule has 0 saturated carbocycles. The summed E-state index contributed by atoms with van der Waals surface area (Å²) in [6, 6.07) is 19.5. The Morgan fingerprint density at radius 2 is 1.73 bits per heavy atom. The number of carbonyl (C=O) groups is 1. The second-order valence-electron chi connectivity index (χ2n) is 11.8. The summed E-state index contributed by atoms with van der Waals surface area (Å²) in [4.78, 5) is 14.5. The Morgan fingerprint density at radius 1 is 1.00 bits per heavy atom. The van der Waals surface area contributed by atoms with Crippen molar-refractivity contribution in [1.82, 2.24) is 4.90 Å². The van der Waals surface area contributed by atoms with Gasteiger partial charge in [0.25, 0.3) is 0 Å². The van der Waals surface area contributed by atoms with Crippen LogP contribution in [0, 0.1) is 0 Å². The van der Waals surface area contributed by atoms with Crippen LogP contribution < -0.4 is 14.2 Å². The van der Waals surface area contributed by atoms with E-state index in [1.54, 1.807) is 23.1 Å². The highest BCUT2D eigenvalue weighted by Gasteiger charge is 2.41. The van der Waals surface area contributed by atoms with Crippen molar-refractivity contribution < 1.29 is 32.2 Å². The van der Waals surface area contributed by atoms with Gasteiger partial charge in [-0.05, 0) is 70.9 Å². The van der Waals surface area contributed by atoms with Gasteiger partial charge in [0.05, 0.1) is 22.4 Å². The minimum Gasteiger partial charge on any atom is -0.491 e. The summed E-state index contributed by atoms with van der Waals surface area (Å²) >= 11 is 0. The monoisotopic (exact) mass is 579 g/mol. The summed E-state index contributed by atoms with van der Waals surface area (Å²) in [5.41, 5.74) is 1.34. The molecule has 218 valence electrons. The number of sulfone groups is 1. The van der Waals surface area contributed by atoms with E-state index in [1.165, 1.54) is 12.1 Å². The number of fused-ring (bicyclic) bond motifs is 3. The van der Waals surface area contributed by atoms with Crippen LogP contribution in [0.5, 0.6) is 17.2 Å². The molecule has 0 spiro atoms. The van der Waals surface area contributed by atoms with Crippen molar-refractivity contribution in [2.45, 2.75) is 81.2 Å². The molecule has 2 atom stereocenters. The van der Waals surface area contributed by atoms with Gasteiger partial charge >= 0.3 is 6.09 Å². The normalized spacial score (nSPS) is 18.3. The Kier molecular flexibility index (Phi) is 7.92. The van der Waals surface area contributed by atoms with E-state index in [1.807, 2.05) is 71.0 Å². The second kappa shape index (κ2) is 11.3. The fraction of sp³-hybridized carbons (Fsp3) is 0.406. The van der Waals surface area contributed by atoms with Crippen molar-refractivity contribution in [2.75, 3.05) is 13.1 Å². The fourth-order valence-corrected chi connectivity index (χ4v) is 6.46. The zero-order valence-electron chi connectivity index (χ0n) is 24.1. The first-order valence-corrected chi connectivity index (χ1v) is 15.4. The van der Waals surface area contributed by atoms with Crippen LogP contribution in [0.2, 0.25) is 0 Å². The van der Waals surface area contributed by atoms with Crippen LogP contribution in [-0.4, -0.2) is 50.3 Å². The summed E-state index contributed by atoms with van der Waals surface area (Å²) < 4.78 is 51.3. The van der Waals surface area contributed by atoms with Gasteiger partial charge in [-0.25, -0.2) is 13.2 Å². The highest BCUT2D eigenvalue weighted by atomic mass is 32.2. The number of hydrogen-bond acceptors (Lipinski definition) is 7. The van der Waals surface area contributed by atoms with E-state index in [0.29, 0.717) is 43.4 Å². The minimum absolute atomic E-state index is 0.0742. The second-order valence-corrected chi connectivity index (χ2v) is 13.7. The molecule has 0 aliphatic carbocycles. The zero-order chi connectivity index (χ0) is 29.4. The van der Waals surface area contributed by atoms with E-state index in [9.17, 15) is 13.2 Å². The summed E-state index contributed by atoms with van der Waals surface area (Å²) in [7, 11) is -3.93. The van der Waals surface area contributed by atoms with Gasteiger partial charge in [0.1, 0.15) is 35.6 Å². The van der Waals surface area contributed by atoms with Crippen molar-refractivity contribution in [1.29, 1.82) is 0 Å². The molecule has 1 fully saturated rings. The highest BCUT2D eigenvalue weighted by Crippen LogP contribution is 2.44. The molecule has 9 heteroatoms. The average molecular weight is 580 g/mol. The Labute approximate surface area is 242 Å².